The number of nitrogens with one attached hydrogen (secondary N) is 2. The molecule has 3 rings (SSSR count). The zero-order chi connectivity index (χ0) is 31.6. The summed E-state index contributed by atoms with van der Waals surface area (Å²) in [6.45, 7) is 4.53. The number of halogens is 2. The van der Waals surface area contributed by atoms with E-state index in [1.165, 1.54) is 13.8 Å². The van der Waals surface area contributed by atoms with Gasteiger partial charge in [-0.2, -0.15) is 0 Å². The van der Waals surface area contributed by atoms with E-state index in [0.29, 0.717) is 0 Å². The lowest BCUT2D eigenvalue weighted by Gasteiger charge is -2.35. The van der Waals surface area contributed by atoms with E-state index in [9.17, 15) is 28.6 Å². The number of nitrogens with zero attached hydrogens (tertiary/aromatic N) is 4. The molecule has 0 saturated carbocycles. The van der Waals surface area contributed by atoms with Gasteiger partial charge in [0.1, 0.15) is 36.1 Å². The molecule has 6 atom stereocenters. The summed E-state index contributed by atoms with van der Waals surface area (Å²) in [6, 6.07) is -2.20. The minimum absolute atomic E-state index is 0.00306. The number of fused-ring (bicyclic) bond motifs is 1. The molecule has 0 spiro atoms. The van der Waals surface area contributed by atoms with Gasteiger partial charge < -0.3 is 34.7 Å². The van der Waals surface area contributed by atoms with Crippen molar-refractivity contribution in [3.05, 3.63) is 12.7 Å². The number of aliphatic hydroxyl groups excluding tert-OH is 2. The normalized spacial score (nSPS) is 24.5. The van der Waals surface area contributed by atoms with Gasteiger partial charge in [0.2, 0.25) is 0 Å². The second kappa shape index (κ2) is 13.5. The maximum atomic E-state index is 14.7. The van der Waals surface area contributed by atoms with Gasteiger partial charge in [-0.05, 0) is 53.3 Å². The average Bonchev–Trinajstić information content (AvgIpc) is 3.42. The largest absolute Gasteiger partial charge is 0.462 e. The van der Waals surface area contributed by atoms with Crippen LogP contribution in [0.1, 0.15) is 47.8 Å². The van der Waals surface area contributed by atoms with E-state index in [1.807, 2.05) is 0 Å². The van der Waals surface area contributed by atoms with Gasteiger partial charge in [0.25, 0.3) is 6.43 Å². The molecule has 3 heterocycles. The lowest BCUT2D eigenvalue weighted by molar-refractivity contribution is -0.190. The average molecular weight is 640 g/mol. The zero-order valence-electron chi connectivity index (χ0n) is 23.8. The number of carbonyl (C=O) groups is 2. The van der Waals surface area contributed by atoms with Crippen molar-refractivity contribution in [1.82, 2.24) is 29.7 Å². The first-order chi connectivity index (χ1) is 19.5. The Morgan fingerprint density at radius 1 is 1.10 bits per heavy atom. The molecule has 19 heteroatoms. The van der Waals surface area contributed by atoms with Gasteiger partial charge in [-0.15, -0.1) is 0 Å². The number of nitrogens with two attached hydrogens (primary N) is 1. The van der Waals surface area contributed by atoms with E-state index in [0.717, 1.165) is 17.2 Å². The lowest BCUT2D eigenvalue weighted by atomic mass is 9.96. The third kappa shape index (κ3) is 7.37. The standard InChI is InChI=1S/C23H36F2N7O8PS/c1-10(2)38-20(35)12(5)30-41(42,31-13(6)21(36)39-11(3)4)37-7-23(22(24)25)16(34)15(33)19(40-23)32-9-29-14-17(26)27-8-28-18(14)32/h8-13,15-16,19,22,33-34H,7H2,1-6H3,(H2,26,27,28)(H2,30,31,42)/t12-,13-,15+,16+,19+,23+/m0/s1. The number of aliphatic hydroxyl groups is 2. The van der Waals surface area contributed by atoms with Crippen LogP contribution in [0.4, 0.5) is 14.6 Å². The van der Waals surface area contributed by atoms with Gasteiger partial charge in [-0.3, -0.25) is 14.2 Å². The van der Waals surface area contributed by atoms with Crippen LogP contribution in [0, 0.1) is 0 Å². The van der Waals surface area contributed by atoms with Crippen molar-refractivity contribution in [2.45, 2.75) is 96.3 Å². The fourth-order valence-electron chi connectivity index (χ4n) is 4.04. The van der Waals surface area contributed by atoms with Crippen molar-refractivity contribution in [2.24, 2.45) is 0 Å². The highest BCUT2D eigenvalue weighted by Gasteiger charge is 2.61. The van der Waals surface area contributed by atoms with Crippen LogP contribution in [0.2, 0.25) is 0 Å². The van der Waals surface area contributed by atoms with Crippen molar-refractivity contribution in [1.29, 1.82) is 0 Å². The number of hydrogen-bond acceptors (Lipinski definition) is 13. The van der Waals surface area contributed by atoms with E-state index in [2.05, 4.69) is 25.1 Å². The van der Waals surface area contributed by atoms with E-state index < -0.39 is 79.9 Å². The highest BCUT2D eigenvalue weighted by Crippen LogP contribution is 2.47. The first kappa shape index (κ1) is 34.1. The molecule has 15 nitrogen and oxygen atoms in total. The number of ether oxygens (including phenoxy) is 3. The SMILES string of the molecule is CC(C)OC(=O)[C@H](C)NP(=S)(N[C@@H](C)C(=O)OC(C)C)OC[C@@]1(C(F)F)O[C@@H](n2cnc3c(N)ncnc32)[C@H](O)[C@H]1O. The number of rotatable bonds is 13. The molecule has 0 bridgehead atoms. The van der Waals surface area contributed by atoms with Crippen LogP contribution in [-0.4, -0.2) is 96.8 Å². The fourth-order valence-corrected chi connectivity index (χ4v) is 6.98. The molecule has 2 aromatic heterocycles. The lowest BCUT2D eigenvalue weighted by Crippen LogP contribution is -2.53. The van der Waals surface area contributed by atoms with Crippen molar-refractivity contribution in [3.8, 4) is 0 Å². The zero-order valence-corrected chi connectivity index (χ0v) is 25.5. The number of hydrogen-bond donors (Lipinski definition) is 5. The van der Waals surface area contributed by atoms with Crippen molar-refractivity contribution < 1.29 is 47.3 Å². The second-order valence-corrected chi connectivity index (χ2v) is 13.7. The van der Waals surface area contributed by atoms with Gasteiger partial charge in [0.15, 0.2) is 29.9 Å². The molecule has 0 amide bonds. The molecule has 2 aromatic rings. The molecule has 0 aromatic carbocycles. The summed E-state index contributed by atoms with van der Waals surface area (Å²) in [5.41, 5.74) is 3.18. The number of carbonyl (C=O) groups excluding carboxylic acids is 2. The Bertz CT molecular complexity index is 1290. The number of imidazole rings is 1. The van der Waals surface area contributed by atoms with E-state index in [4.69, 9.17) is 36.3 Å². The smallest absolute Gasteiger partial charge is 0.323 e. The Labute approximate surface area is 245 Å². The van der Waals surface area contributed by atoms with Crippen LogP contribution in [0.15, 0.2) is 12.7 Å². The predicted octanol–water partition coefficient (Wildman–Crippen LogP) is 0.764. The fraction of sp³-hybridized carbons (Fsp3) is 0.696. The van der Waals surface area contributed by atoms with Gasteiger partial charge >= 0.3 is 11.9 Å². The second-order valence-electron chi connectivity index (χ2n) is 10.3. The highest BCUT2D eigenvalue weighted by atomic mass is 32.4. The number of anilines is 1. The van der Waals surface area contributed by atoms with E-state index in [1.54, 1.807) is 27.7 Å². The molecular weight excluding hydrogens is 603 g/mol. The summed E-state index contributed by atoms with van der Waals surface area (Å²) in [5, 5.41) is 27.2. The minimum atomic E-state index is -3.76. The van der Waals surface area contributed by atoms with E-state index in [-0.39, 0.29) is 17.0 Å². The van der Waals surface area contributed by atoms with Gasteiger partial charge in [-0.1, -0.05) is 0 Å². The molecule has 1 aliphatic heterocycles. The topological polar surface area (TPSA) is 205 Å². The molecular formula is C23H36F2N7O8PS. The molecule has 0 radical (unpaired) electrons. The van der Waals surface area contributed by atoms with Crippen LogP contribution in [0.3, 0.4) is 0 Å². The maximum Gasteiger partial charge on any atom is 0.323 e. The molecule has 1 saturated heterocycles. The van der Waals surface area contributed by atoms with Gasteiger partial charge in [0.05, 0.1) is 25.1 Å². The number of aromatic nitrogens is 4. The summed E-state index contributed by atoms with van der Waals surface area (Å²) < 4.78 is 52.3. The van der Waals surface area contributed by atoms with E-state index >= 15 is 0 Å². The van der Waals surface area contributed by atoms with Crippen LogP contribution < -0.4 is 15.9 Å². The molecule has 42 heavy (non-hydrogen) atoms. The summed E-state index contributed by atoms with van der Waals surface area (Å²) in [7, 11) is 0. The third-order valence-electron chi connectivity index (χ3n) is 6.10. The molecule has 236 valence electrons. The third-order valence-corrected chi connectivity index (χ3v) is 8.99. The number of nitrogen functional groups attached to an aromatic ring is 1. The summed E-state index contributed by atoms with van der Waals surface area (Å²) in [5.74, 6) is -1.43. The number of esters is 2. The van der Waals surface area contributed by atoms with Crippen LogP contribution in [0.5, 0.6) is 0 Å². The first-order valence-electron chi connectivity index (χ1n) is 13.0. The van der Waals surface area contributed by atoms with Crippen LogP contribution in [0.25, 0.3) is 11.2 Å². The first-order valence-corrected chi connectivity index (χ1v) is 15.7. The maximum absolute atomic E-state index is 14.7. The summed E-state index contributed by atoms with van der Waals surface area (Å²) in [6.07, 6.45) is -7.74. The predicted molar refractivity (Wildman–Crippen MR) is 148 cm³/mol. The Morgan fingerprint density at radius 2 is 1.64 bits per heavy atom. The Morgan fingerprint density at radius 3 is 2.14 bits per heavy atom. The molecule has 1 fully saturated rings. The summed E-state index contributed by atoms with van der Waals surface area (Å²) >= 11 is 5.61. The summed E-state index contributed by atoms with van der Waals surface area (Å²) in [4.78, 5) is 36.9. The molecule has 0 unspecified atom stereocenters. The van der Waals surface area contributed by atoms with Gasteiger partial charge in [0, 0.05) is 0 Å². The van der Waals surface area contributed by atoms with Gasteiger partial charge in [-0.25, -0.2) is 33.9 Å². The quantitative estimate of drug-likeness (QED) is 0.152. The molecule has 6 N–H and O–H groups in total. The number of alkyl halides is 2. The van der Waals surface area contributed by atoms with Crippen molar-refractivity contribution in [3.63, 3.8) is 0 Å². The van der Waals surface area contributed by atoms with Crippen molar-refractivity contribution in [2.75, 3.05) is 12.3 Å². The van der Waals surface area contributed by atoms with Crippen molar-refractivity contribution >= 4 is 47.3 Å². The van der Waals surface area contributed by atoms with Crippen LogP contribution >= 0.6 is 6.57 Å². The molecule has 0 aliphatic carbocycles. The Kier molecular flexibility index (Phi) is 10.9. The monoisotopic (exact) mass is 639 g/mol. The molecule has 1 aliphatic rings. The highest BCUT2D eigenvalue weighted by molar-refractivity contribution is 8.10. The minimum Gasteiger partial charge on any atom is -0.462 e. The Balaban J connectivity index is 1.91. The Hall–Kier alpha value is -2.44. The van der Waals surface area contributed by atoms with Crippen LogP contribution in [-0.2, 0) is 40.1 Å².